The first-order chi connectivity index (χ1) is 6.99. The first-order valence-corrected chi connectivity index (χ1v) is 5.12. The van der Waals surface area contributed by atoms with Crippen molar-refractivity contribution in [1.82, 2.24) is 4.90 Å². The van der Waals surface area contributed by atoms with Gasteiger partial charge in [-0.25, -0.2) is 0 Å². The number of aliphatic hydroxyl groups is 1. The number of phenols is 1. The lowest BCUT2D eigenvalue weighted by atomic mass is 10.0. The summed E-state index contributed by atoms with van der Waals surface area (Å²) in [4.78, 5) is 2.00. The molecular formula is C12H19NO2. The lowest BCUT2D eigenvalue weighted by Crippen LogP contribution is -2.11. The van der Waals surface area contributed by atoms with Gasteiger partial charge in [0.2, 0.25) is 0 Å². The van der Waals surface area contributed by atoms with E-state index in [9.17, 15) is 10.2 Å². The van der Waals surface area contributed by atoms with Crippen molar-refractivity contribution in [3.05, 3.63) is 29.3 Å². The molecule has 0 spiro atoms. The lowest BCUT2D eigenvalue weighted by molar-refractivity contribution is 0.195. The first-order valence-electron chi connectivity index (χ1n) is 5.12. The van der Waals surface area contributed by atoms with E-state index in [1.165, 1.54) is 0 Å². The number of rotatable bonds is 4. The van der Waals surface area contributed by atoms with Crippen molar-refractivity contribution < 1.29 is 10.2 Å². The molecule has 3 heteroatoms. The molecule has 0 aromatic heterocycles. The third kappa shape index (κ3) is 3.90. The topological polar surface area (TPSA) is 43.7 Å². The maximum Gasteiger partial charge on any atom is 0.120 e. The Morgan fingerprint density at radius 2 is 2.00 bits per heavy atom. The molecule has 0 aliphatic rings. The molecule has 0 radical (unpaired) electrons. The third-order valence-electron chi connectivity index (χ3n) is 2.16. The second-order valence-corrected chi connectivity index (χ2v) is 4.25. The molecule has 1 aromatic carbocycles. The Morgan fingerprint density at radius 1 is 1.33 bits per heavy atom. The van der Waals surface area contributed by atoms with Gasteiger partial charge in [-0.1, -0.05) is 12.1 Å². The first kappa shape index (κ1) is 12.0. The molecule has 0 fully saturated rings. The Hall–Kier alpha value is -1.06. The number of aliphatic hydroxyl groups excluding tert-OH is 1. The van der Waals surface area contributed by atoms with Crippen molar-refractivity contribution in [2.75, 3.05) is 14.1 Å². The summed E-state index contributed by atoms with van der Waals surface area (Å²) in [5.41, 5.74) is 1.96. The molecule has 15 heavy (non-hydrogen) atoms. The molecule has 0 unspecified atom stereocenters. The molecule has 1 aromatic rings. The maximum absolute atomic E-state index is 9.63. The fraction of sp³-hybridized carbons (Fsp3) is 0.500. The van der Waals surface area contributed by atoms with Crippen LogP contribution in [-0.2, 0) is 13.0 Å². The van der Waals surface area contributed by atoms with E-state index in [4.69, 9.17) is 0 Å². The minimum Gasteiger partial charge on any atom is -0.508 e. The summed E-state index contributed by atoms with van der Waals surface area (Å²) in [7, 11) is 3.92. The van der Waals surface area contributed by atoms with Crippen LogP contribution < -0.4 is 0 Å². The van der Waals surface area contributed by atoms with Crippen LogP contribution >= 0.6 is 0 Å². The minimum absolute atomic E-state index is 0.318. The Morgan fingerprint density at radius 3 is 2.53 bits per heavy atom. The Bertz CT molecular complexity index is 321. The highest BCUT2D eigenvalue weighted by Gasteiger charge is 2.05. The average molecular weight is 209 g/mol. The predicted molar refractivity (Wildman–Crippen MR) is 60.9 cm³/mol. The number of phenolic OH excluding ortho intramolecular Hbond substituents is 1. The highest BCUT2D eigenvalue weighted by Crippen LogP contribution is 2.20. The SMILES string of the molecule is C[C@@H](O)Cc1ccc(O)c(CN(C)C)c1. The Kier molecular flexibility index (Phi) is 4.12. The van der Waals surface area contributed by atoms with Crippen molar-refractivity contribution in [3.63, 3.8) is 0 Å². The smallest absolute Gasteiger partial charge is 0.120 e. The highest BCUT2D eigenvalue weighted by molar-refractivity contribution is 5.36. The van der Waals surface area contributed by atoms with Gasteiger partial charge >= 0.3 is 0 Å². The Balaban J connectivity index is 2.85. The van der Waals surface area contributed by atoms with E-state index in [-0.39, 0.29) is 6.10 Å². The van der Waals surface area contributed by atoms with Crippen LogP contribution in [0.4, 0.5) is 0 Å². The summed E-state index contributed by atoms with van der Waals surface area (Å²) in [6.07, 6.45) is 0.280. The molecule has 0 aliphatic carbocycles. The molecule has 0 bridgehead atoms. The van der Waals surface area contributed by atoms with Crippen LogP contribution in [0.25, 0.3) is 0 Å². The van der Waals surface area contributed by atoms with E-state index >= 15 is 0 Å². The number of hydrogen-bond acceptors (Lipinski definition) is 3. The van der Waals surface area contributed by atoms with Gasteiger partial charge < -0.3 is 15.1 Å². The average Bonchev–Trinajstić information content (AvgIpc) is 2.09. The van der Waals surface area contributed by atoms with Gasteiger partial charge in [-0.2, -0.15) is 0 Å². The van der Waals surface area contributed by atoms with E-state index in [0.29, 0.717) is 18.7 Å². The van der Waals surface area contributed by atoms with E-state index in [2.05, 4.69) is 0 Å². The largest absolute Gasteiger partial charge is 0.508 e. The summed E-state index contributed by atoms with van der Waals surface area (Å²) in [6, 6.07) is 5.49. The van der Waals surface area contributed by atoms with Crippen molar-refractivity contribution in [1.29, 1.82) is 0 Å². The van der Waals surface area contributed by atoms with Gasteiger partial charge in [-0.15, -0.1) is 0 Å². The molecule has 84 valence electrons. The molecule has 0 saturated heterocycles. The van der Waals surface area contributed by atoms with Crippen molar-refractivity contribution in [2.24, 2.45) is 0 Å². The fourth-order valence-corrected chi connectivity index (χ4v) is 1.57. The van der Waals surface area contributed by atoms with Crippen molar-refractivity contribution >= 4 is 0 Å². The summed E-state index contributed by atoms with van der Waals surface area (Å²) >= 11 is 0. The summed E-state index contributed by atoms with van der Waals surface area (Å²) < 4.78 is 0. The van der Waals surface area contributed by atoms with Crippen LogP contribution in [0.1, 0.15) is 18.1 Å². The minimum atomic E-state index is -0.346. The molecule has 1 atom stereocenters. The number of aromatic hydroxyl groups is 1. The van der Waals surface area contributed by atoms with Crippen LogP contribution in [0.15, 0.2) is 18.2 Å². The molecular weight excluding hydrogens is 190 g/mol. The van der Waals surface area contributed by atoms with Gasteiger partial charge in [-0.05, 0) is 39.1 Å². The quantitative estimate of drug-likeness (QED) is 0.787. The summed E-state index contributed by atoms with van der Waals surface area (Å²) in [5, 5.41) is 18.9. The second-order valence-electron chi connectivity index (χ2n) is 4.25. The monoisotopic (exact) mass is 209 g/mol. The van der Waals surface area contributed by atoms with Crippen LogP contribution in [0.5, 0.6) is 5.75 Å². The van der Waals surface area contributed by atoms with Crippen LogP contribution in [0.3, 0.4) is 0 Å². The normalized spacial score (nSPS) is 13.1. The van der Waals surface area contributed by atoms with E-state index in [1.807, 2.05) is 31.1 Å². The zero-order chi connectivity index (χ0) is 11.4. The van der Waals surface area contributed by atoms with Gasteiger partial charge in [0.05, 0.1) is 6.10 Å². The zero-order valence-electron chi connectivity index (χ0n) is 9.57. The van der Waals surface area contributed by atoms with Gasteiger partial charge in [0.15, 0.2) is 0 Å². The number of hydrogen-bond donors (Lipinski definition) is 2. The highest BCUT2D eigenvalue weighted by atomic mass is 16.3. The molecule has 0 heterocycles. The van der Waals surface area contributed by atoms with E-state index in [1.54, 1.807) is 13.0 Å². The standard InChI is InChI=1S/C12H19NO2/c1-9(14)6-10-4-5-12(15)11(7-10)8-13(2)3/h4-5,7,9,14-15H,6,8H2,1-3H3/t9-/m1/s1. The van der Waals surface area contributed by atoms with E-state index in [0.717, 1.165) is 11.1 Å². The van der Waals surface area contributed by atoms with Crippen LogP contribution in [0.2, 0.25) is 0 Å². The van der Waals surface area contributed by atoms with Gasteiger partial charge in [0, 0.05) is 12.1 Å². The van der Waals surface area contributed by atoms with Gasteiger partial charge in [-0.3, -0.25) is 0 Å². The third-order valence-corrected chi connectivity index (χ3v) is 2.16. The molecule has 0 amide bonds. The fourth-order valence-electron chi connectivity index (χ4n) is 1.57. The van der Waals surface area contributed by atoms with Crippen molar-refractivity contribution in [3.8, 4) is 5.75 Å². The van der Waals surface area contributed by atoms with Gasteiger partial charge in [0.25, 0.3) is 0 Å². The lowest BCUT2D eigenvalue weighted by Gasteiger charge is -2.13. The summed E-state index contributed by atoms with van der Waals surface area (Å²) in [6.45, 7) is 2.47. The van der Waals surface area contributed by atoms with Crippen LogP contribution in [0, 0.1) is 0 Å². The van der Waals surface area contributed by atoms with E-state index < -0.39 is 0 Å². The molecule has 3 nitrogen and oxygen atoms in total. The zero-order valence-corrected chi connectivity index (χ0v) is 9.57. The predicted octanol–water partition coefficient (Wildman–Crippen LogP) is 1.38. The number of nitrogens with zero attached hydrogens (tertiary/aromatic N) is 1. The summed E-state index contributed by atoms with van der Waals surface area (Å²) in [5.74, 6) is 0.318. The maximum atomic E-state index is 9.63. The molecule has 0 saturated carbocycles. The van der Waals surface area contributed by atoms with Crippen molar-refractivity contribution in [2.45, 2.75) is 26.0 Å². The molecule has 1 rings (SSSR count). The molecule has 2 N–H and O–H groups in total. The Labute approximate surface area is 91.0 Å². The molecule has 0 aliphatic heterocycles. The second kappa shape index (κ2) is 5.14. The van der Waals surface area contributed by atoms with Gasteiger partial charge in [0.1, 0.15) is 5.75 Å². The van der Waals surface area contributed by atoms with Crippen LogP contribution in [-0.4, -0.2) is 35.3 Å². The number of benzene rings is 1.